The first-order chi connectivity index (χ1) is 13.7. The molecule has 0 radical (unpaired) electrons. The molecular formula is C22H24N2O3S. The Morgan fingerprint density at radius 1 is 1.25 bits per heavy atom. The minimum atomic E-state index is 0.0405. The van der Waals surface area contributed by atoms with Crippen molar-refractivity contribution in [3.05, 3.63) is 54.1 Å². The minimum Gasteiger partial charge on any atom is -0.494 e. The first-order valence-electron chi connectivity index (χ1n) is 9.72. The standard InChI is InChI=1S/C22H24N2O3S/c1-2-26-17-11-9-16(10-12-17)14-21(25)24(15-18-6-5-13-27-18)22-23-19-7-3-4-8-20(19)28-22/h3-4,7-12,18H,2,5-6,13-15H2,1H3/t18-/m1/s1. The van der Waals surface area contributed by atoms with Crippen LogP contribution in [0, 0.1) is 0 Å². The third-order valence-corrected chi connectivity index (χ3v) is 5.87. The number of hydrogen-bond acceptors (Lipinski definition) is 5. The number of benzene rings is 2. The monoisotopic (exact) mass is 396 g/mol. The van der Waals surface area contributed by atoms with Crippen molar-refractivity contribution in [3.8, 4) is 5.75 Å². The predicted octanol–water partition coefficient (Wildman–Crippen LogP) is 4.45. The highest BCUT2D eigenvalue weighted by atomic mass is 32.1. The molecule has 0 spiro atoms. The molecule has 4 rings (SSSR count). The maximum atomic E-state index is 13.2. The van der Waals surface area contributed by atoms with Crippen molar-refractivity contribution in [2.45, 2.75) is 32.3 Å². The van der Waals surface area contributed by atoms with E-state index in [1.165, 1.54) is 0 Å². The highest BCUT2D eigenvalue weighted by molar-refractivity contribution is 7.22. The number of nitrogens with zero attached hydrogens (tertiary/aromatic N) is 2. The summed E-state index contributed by atoms with van der Waals surface area (Å²) in [5, 5.41) is 0.743. The van der Waals surface area contributed by atoms with Crippen molar-refractivity contribution in [3.63, 3.8) is 0 Å². The van der Waals surface area contributed by atoms with E-state index in [9.17, 15) is 4.79 Å². The number of anilines is 1. The van der Waals surface area contributed by atoms with Crippen LogP contribution in [-0.4, -0.2) is 36.8 Å². The van der Waals surface area contributed by atoms with Gasteiger partial charge in [0.05, 0.1) is 35.9 Å². The molecule has 6 heteroatoms. The van der Waals surface area contributed by atoms with Crippen molar-refractivity contribution in [2.24, 2.45) is 0 Å². The van der Waals surface area contributed by atoms with Crippen LogP contribution in [0.2, 0.25) is 0 Å². The van der Waals surface area contributed by atoms with Gasteiger partial charge in [-0.3, -0.25) is 9.69 Å². The van der Waals surface area contributed by atoms with Crippen LogP contribution in [0.3, 0.4) is 0 Å². The van der Waals surface area contributed by atoms with E-state index in [0.29, 0.717) is 19.6 Å². The molecule has 146 valence electrons. The zero-order valence-electron chi connectivity index (χ0n) is 16.0. The molecular weight excluding hydrogens is 372 g/mol. The van der Waals surface area contributed by atoms with E-state index in [0.717, 1.165) is 46.1 Å². The summed E-state index contributed by atoms with van der Waals surface area (Å²) in [6.45, 7) is 3.91. The van der Waals surface area contributed by atoms with Gasteiger partial charge in [-0.1, -0.05) is 35.6 Å². The third-order valence-electron chi connectivity index (χ3n) is 4.81. The molecule has 1 saturated heterocycles. The molecule has 1 fully saturated rings. The molecule has 3 aromatic rings. The Labute approximate surface area is 168 Å². The molecule has 1 amide bonds. The molecule has 0 bridgehead atoms. The number of carbonyl (C=O) groups excluding carboxylic acids is 1. The van der Waals surface area contributed by atoms with Crippen LogP contribution in [0.15, 0.2) is 48.5 Å². The molecule has 0 aliphatic carbocycles. The van der Waals surface area contributed by atoms with Gasteiger partial charge in [-0.2, -0.15) is 0 Å². The molecule has 5 nitrogen and oxygen atoms in total. The van der Waals surface area contributed by atoms with E-state index in [1.54, 1.807) is 16.2 Å². The van der Waals surface area contributed by atoms with Gasteiger partial charge < -0.3 is 9.47 Å². The lowest BCUT2D eigenvalue weighted by Crippen LogP contribution is -2.38. The summed E-state index contributed by atoms with van der Waals surface area (Å²) in [4.78, 5) is 19.7. The maximum absolute atomic E-state index is 13.2. The Hall–Kier alpha value is -2.44. The van der Waals surface area contributed by atoms with Crippen molar-refractivity contribution < 1.29 is 14.3 Å². The smallest absolute Gasteiger partial charge is 0.233 e. The number of thiazole rings is 1. The predicted molar refractivity (Wildman–Crippen MR) is 112 cm³/mol. The molecule has 1 aromatic heterocycles. The lowest BCUT2D eigenvalue weighted by molar-refractivity contribution is -0.118. The van der Waals surface area contributed by atoms with Gasteiger partial charge in [0.25, 0.3) is 0 Å². The van der Waals surface area contributed by atoms with Gasteiger partial charge in [-0.05, 0) is 49.6 Å². The first kappa shape index (κ1) is 18.9. The molecule has 0 N–H and O–H groups in total. The summed E-state index contributed by atoms with van der Waals surface area (Å²) in [5.41, 5.74) is 1.89. The normalized spacial score (nSPS) is 16.4. The van der Waals surface area contributed by atoms with Gasteiger partial charge >= 0.3 is 0 Å². The fourth-order valence-electron chi connectivity index (χ4n) is 3.39. The number of rotatable bonds is 7. The minimum absolute atomic E-state index is 0.0405. The molecule has 0 saturated carbocycles. The van der Waals surface area contributed by atoms with Crippen LogP contribution in [-0.2, 0) is 16.0 Å². The number of aromatic nitrogens is 1. The molecule has 1 aliphatic rings. The first-order valence-corrected chi connectivity index (χ1v) is 10.5. The van der Waals surface area contributed by atoms with E-state index in [1.807, 2.05) is 55.5 Å². The molecule has 0 unspecified atom stereocenters. The average Bonchev–Trinajstić information content (AvgIpc) is 3.37. The van der Waals surface area contributed by atoms with E-state index in [2.05, 4.69) is 0 Å². The lowest BCUT2D eigenvalue weighted by Gasteiger charge is -2.23. The fourth-order valence-corrected chi connectivity index (χ4v) is 4.39. The molecule has 28 heavy (non-hydrogen) atoms. The van der Waals surface area contributed by atoms with E-state index in [4.69, 9.17) is 14.5 Å². The summed E-state index contributed by atoms with van der Waals surface area (Å²) in [6.07, 6.45) is 2.44. The summed E-state index contributed by atoms with van der Waals surface area (Å²) in [6, 6.07) is 15.7. The van der Waals surface area contributed by atoms with Gasteiger partial charge in [0.15, 0.2) is 5.13 Å². The zero-order valence-corrected chi connectivity index (χ0v) is 16.8. The van der Waals surface area contributed by atoms with Crippen molar-refractivity contribution in [2.75, 3.05) is 24.7 Å². The Morgan fingerprint density at radius 2 is 2.07 bits per heavy atom. The highest BCUT2D eigenvalue weighted by Gasteiger charge is 2.26. The summed E-state index contributed by atoms with van der Waals surface area (Å²) >= 11 is 1.56. The summed E-state index contributed by atoms with van der Waals surface area (Å²) in [7, 11) is 0. The number of ether oxygens (including phenoxy) is 2. The van der Waals surface area contributed by atoms with Gasteiger partial charge in [0.1, 0.15) is 5.75 Å². The Balaban J connectivity index is 1.55. The number of hydrogen-bond donors (Lipinski definition) is 0. The quantitative estimate of drug-likeness (QED) is 0.592. The third kappa shape index (κ3) is 4.34. The SMILES string of the molecule is CCOc1ccc(CC(=O)N(C[C@H]2CCCO2)c2nc3ccccc3s2)cc1. The summed E-state index contributed by atoms with van der Waals surface area (Å²) < 4.78 is 12.4. The van der Waals surface area contributed by atoms with Crippen LogP contribution in [0.25, 0.3) is 10.2 Å². The number of fused-ring (bicyclic) bond motifs is 1. The van der Waals surface area contributed by atoms with Crippen LogP contribution >= 0.6 is 11.3 Å². The summed E-state index contributed by atoms with van der Waals surface area (Å²) in [5.74, 6) is 0.861. The van der Waals surface area contributed by atoms with Crippen LogP contribution < -0.4 is 9.64 Å². The van der Waals surface area contributed by atoms with E-state index < -0.39 is 0 Å². The number of amides is 1. The molecule has 2 heterocycles. The zero-order chi connectivity index (χ0) is 19.3. The van der Waals surface area contributed by atoms with Crippen molar-refractivity contribution >= 4 is 32.6 Å². The Kier molecular flexibility index (Phi) is 5.88. The second-order valence-corrected chi connectivity index (χ2v) is 7.87. The van der Waals surface area contributed by atoms with Crippen LogP contribution in [0.4, 0.5) is 5.13 Å². The lowest BCUT2D eigenvalue weighted by atomic mass is 10.1. The van der Waals surface area contributed by atoms with Crippen LogP contribution in [0.5, 0.6) is 5.75 Å². The molecule has 1 atom stereocenters. The molecule has 2 aromatic carbocycles. The van der Waals surface area contributed by atoms with Gasteiger partial charge in [-0.25, -0.2) is 4.98 Å². The fraction of sp³-hybridized carbons (Fsp3) is 0.364. The maximum Gasteiger partial charge on any atom is 0.233 e. The number of para-hydroxylation sites is 1. The second kappa shape index (κ2) is 8.71. The largest absolute Gasteiger partial charge is 0.494 e. The van der Waals surface area contributed by atoms with Gasteiger partial charge in [-0.15, -0.1) is 0 Å². The van der Waals surface area contributed by atoms with Gasteiger partial charge in [0.2, 0.25) is 5.91 Å². The van der Waals surface area contributed by atoms with E-state index >= 15 is 0 Å². The average molecular weight is 397 g/mol. The Bertz CT molecular complexity index is 899. The van der Waals surface area contributed by atoms with Crippen LogP contribution in [0.1, 0.15) is 25.3 Å². The Morgan fingerprint density at radius 3 is 2.79 bits per heavy atom. The van der Waals surface area contributed by atoms with Crippen molar-refractivity contribution in [1.29, 1.82) is 0 Å². The molecule has 1 aliphatic heterocycles. The van der Waals surface area contributed by atoms with Gasteiger partial charge in [0, 0.05) is 6.61 Å². The van der Waals surface area contributed by atoms with Crippen molar-refractivity contribution in [1.82, 2.24) is 4.98 Å². The van der Waals surface area contributed by atoms with E-state index in [-0.39, 0.29) is 12.0 Å². The number of carbonyl (C=O) groups is 1. The topological polar surface area (TPSA) is 51.7 Å². The second-order valence-electron chi connectivity index (χ2n) is 6.86. The highest BCUT2D eigenvalue weighted by Crippen LogP contribution is 2.30.